The van der Waals surface area contributed by atoms with E-state index in [0.717, 1.165) is 28.1 Å². The van der Waals surface area contributed by atoms with Crippen molar-refractivity contribution in [3.8, 4) is 5.69 Å². The first kappa shape index (κ1) is 17.0. The van der Waals surface area contributed by atoms with Gasteiger partial charge in [0.1, 0.15) is 11.6 Å². The number of carbonyl (C=O) groups is 1. The number of benzene rings is 2. The van der Waals surface area contributed by atoms with E-state index in [2.05, 4.69) is 20.9 Å². The number of nitrogens with one attached hydrogen (secondary N) is 1. The molecular weight excluding hydrogens is 336 g/mol. The molecule has 5 heteroatoms. The number of anilines is 1. The number of hydrogen-bond acceptors (Lipinski definition) is 3. The molecule has 0 spiro atoms. The van der Waals surface area contributed by atoms with Crippen LogP contribution in [0.2, 0.25) is 0 Å². The minimum Gasteiger partial charge on any atom is -0.311 e. The molecule has 0 atom stereocenters. The van der Waals surface area contributed by atoms with E-state index in [-0.39, 0.29) is 5.91 Å². The lowest BCUT2D eigenvalue weighted by Gasteiger charge is -2.09. The summed E-state index contributed by atoms with van der Waals surface area (Å²) >= 11 is 0. The number of hydrogen-bond donors (Lipinski definition) is 1. The zero-order valence-corrected chi connectivity index (χ0v) is 15.1. The van der Waals surface area contributed by atoms with Gasteiger partial charge < -0.3 is 5.32 Å². The third-order valence-corrected chi connectivity index (χ3v) is 4.40. The Labute approximate surface area is 157 Å². The predicted molar refractivity (Wildman–Crippen MR) is 107 cm³/mol. The number of amides is 1. The molecule has 0 saturated carbocycles. The van der Waals surface area contributed by atoms with Gasteiger partial charge in [-0.15, -0.1) is 0 Å². The molecule has 4 aromatic rings. The number of imidazole rings is 1. The Balaban J connectivity index is 1.57. The number of nitrogens with zero attached hydrogens (tertiary/aromatic N) is 3. The van der Waals surface area contributed by atoms with E-state index in [1.807, 2.05) is 67.6 Å². The van der Waals surface area contributed by atoms with Gasteiger partial charge in [-0.3, -0.25) is 9.36 Å². The molecule has 2 heterocycles. The van der Waals surface area contributed by atoms with Gasteiger partial charge in [-0.1, -0.05) is 36.4 Å². The maximum absolute atomic E-state index is 12.3. The quantitative estimate of drug-likeness (QED) is 0.580. The summed E-state index contributed by atoms with van der Waals surface area (Å²) in [7, 11) is 0. The number of aryl methyl sites for hydroxylation is 2. The number of rotatable bonds is 5. The molecule has 2 aromatic heterocycles. The van der Waals surface area contributed by atoms with E-state index >= 15 is 0 Å². The highest BCUT2D eigenvalue weighted by Gasteiger charge is 2.13. The molecule has 1 amide bonds. The molecule has 1 N–H and O–H groups in total. The van der Waals surface area contributed by atoms with E-state index < -0.39 is 0 Å². The molecule has 0 radical (unpaired) electrons. The van der Waals surface area contributed by atoms with Crippen LogP contribution in [0.4, 0.5) is 5.82 Å². The maximum atomic E-state index is 12.3. The fraction of sp³-hybridized carbons (Fsp3) is 0.136. The van der Waals surface area contributed by atoms with Crippen LogP contribution in [0, 0.1) is 6.92 Å². The van der Waals surface area contributed by atoms with Gasteiger partial charge in [-0.2, -0.15) is 0 Å². The van der Waals surface area contributed by atoms with Gasteiger partial charge in [-0.25, -0.2) is 9.97 Å². The van der Waals surface area contributed by atoms with Crippen LogP contribution in [-0.2, 0) is 11.2 Å². The van der Waals surface area contributed by atoms with E-state index in [1.165, 1.54) is 0 Å². The Hall–Kier alpha value is -3.47. The van der Waals surface area contributed by atoms with Crippen LogP contribution < -0.4 is 5.32 Å². The Morgan fingerprint density at radius 2 is 1.78 bits per heavy atom. The molecule has 2 aromatic carbocycles. The maximum Gasteiger partial charge on any atom is 0.225 e. The molecule has 0 unspecified atom stereocenters. The van der Waals surface area contributed by atoms with Crippen molar-refractivity contribution < 1.29 is 4.79 Å². The molecule has 0 bridgehead atoms. The summed E-state index contributed by atoms with van der Waals surface area (Å²) in [5.74, 6) is 1.37. The van der Waals surface area contributed by atoms with Gasteiger partial charge in [0.15, 0.2) is 0 Å². The average molecular weight is 356 g/mol. The molecular formula is C22H20N4O. The lowest BCUT2D eigenvalue weighted by molar-refractivity contribution is -0.116. The lowest BCUT2D eigenvalue weighted by atomic mass is 10.2. The van der Waals surface area contributed by atoms with Crippen LogP contribution in [0.5, 0.6) is 0 Å². The zero-order valence-electron chi connectivity index (χ0n) is 15.1. The van der Waals surface area contributed by atoms with Crippen molar-refractivity contribution in [1.82, 2.24) is 14.5 Å². The molecule has 0 fully saturated rings. The first-order chi connectivity index (χ1) is 13.2. The Morgan fingerprint density at radius 1 is 1.00 bits per heavy atom. The van der Waals surface area contributed by atoms with Crippen LogP contribution in [0.1, 0.15) is 17.8 Å². The second-order valence-electron chi connectivity index (χ2n) is 6.46. The van der Waals surface area contributed by atoms with Crippen molar-refractivity contribution in [2.45, 2.75) is 19.8 Å². The second kappa shape index (κ2) is 7.41. The Morgan fingerprint density at radius 3 is 2.56 bits per heavy atom. The monoisotopic (exact) mass is 356 g/mol. The van der Waals surface area contributed by atoms with Gasteiger partial charge in [0.25, 0.3) is 0 Å². The number of para-hydroxylation sites is 3. The third kappa shape index (κ3) is 3.72. The molecule has 134 valence electrons. The first-order valence-electron chi connectivity index (χ1n) is 8.95. The summed E-state index contributed by atoms with van der Waals surface area (Å²) in [6, 6.07) is 21.9. The molecule has 4 rings (SSSR count). The van der Waals surface area contributed by atoms with Crippen LogP contribution >= 0.6 is 0 Å². The van der Waals surface area contributed by atoms with Gasteiger partial charge in [0.05, 0.1) is 11.0 Å². The van der Waals surface area contributed by atoms with Crippen LogP contribution in [0.25, 0.3) is 16.7 Å². The van der Waals surface area contributed by atoms with Crippen LogP contribution in [0.15, 0.2) is 72.9 Å². The molecule has 0 aliphatic heterocycles. The minimum absolute atomic E-state index is 0.0713. The Bertz CT molecular complexity index is 1070. The van der Waals surface area contributed by atoms with Crippen molar-refractivity contribution >= 4 is 22.8 Å². The van der Waals surface area contributed by atoms with E-state index in [4.69, 9.17) is 4.98 Å². The zero-order chi connectivity index (χ0) is 18.6. The Kier molecular flexibility index (Phi) is 4.66. The molecule has 27 heavy (non-hydrogen) atoms. The fourth-order valence-corrected chi connectivity index (χ4v) is 3.08. The highest BCUT2D eigenvalue weighted by atomic mass is 16.1. The molecule has 5 nitrogen and oxygen atoms in total. The molecule has 0 aliphatic rings. The van der Waals surface area contributed by atoms with Crippen molar-refractivity contribution in [3.63, 3.8) is 0 Å². The van der Waals surface area contributed by atoms with Gasteiger partial charge in [-0.05, 0) is 42.8 Å². The van der Waals surface area contributed by atoms with Crippen molar-refractivity contribution in [3.05, 3.63) is 84.3 Å². The summed E-state index contributed by atoms with van der Waals surface area (Å²) in [6.45, 7) is 1.96. The largest absolute Gasteiger partial charge is 0.311 e. The van der Waals surface area contributed by atoms with Crippen LogP contribution in [-0.4, -0.2) is 20.4 Å². The van der Waals surface area contributed by atoms with Crippen molar-refractivity contribution in [2.24, 2.45) is 0 Å². The van der Waals surface area contributed by atoms with E-state index in [0.29, 0.717) is 18.7 Å². The topological polar surface area (TPSA) is 59.8 Å². The summed E-state index contributed by atoms with van der Waals surface area (Å²) in [5, 5.41) is 2.85. The highest BCUT2D eigenvalue weighted by Crippen LogP contribution is 2.22. The summed E-state index contributed by atoms with van der Waals surface area (Å²) in [5.41, 5.74) is 4.07. The summed E-state index contributed by atoms with van der Waals surface area (Å²) < 4.78 is 2.12. The number of fused-ring (bicyclic) bond motifs is 1. The van der Waals surface area contributed by atoms with E-state index in [9.17, 15) is 4.79 Å². The standard InChI is InChI=1S/C22H20N4O/c1-16-11-12-20(23-15-16)25-22(27)14-13-21-24-18-9-5-6-10-19(18)26(21)17-7-3-2-4-8-17/h2-12,15H,13-14H2,1H3,(H,23,25,27). The minimum atomic E-state index is -0.0713. The molecule has 0 aliphatic carbocycles. The van der Waals surface area contributed by atoms with Gasteiger partial charge in [0, 0.05) is 24.7 Å². The predicted octanol–water partition coefficient (Wildman–Crippen LogP) is 4.30. The number of aromatic nitrogens is 3. The fourth-order valence-electron chi connectivity index (χ4n) is 3.08. The molecule has 0 saturated heterocycles. The van der Waals surface area contributed by atoms with E-state index in [1.54, 1.807) is 6.20 Å². The SMILES string of the molecule is Cc1ccc(NC(=O)CCc2nc3ccccc3n2-c2ccccc2)nc1. The number of carbonyl (C=O) groups excluding carboxylic acids is 1. The summed E-state index contributed by atoms with van der Waals surface area (Å²) in [4.78, 5) is 21.3. The van der Waals surface area contributed by atoms with Gasteiger partial charge >= 0.3 is 0 Å². The van der Waals surface area contributed by atoms with Crippen molar-refractivity contribution in [1.29, 1.82) is 0 Å². The average Bonchev–Trinajstić information content (AvgIpc) is 3.07. The number of pyridine rings is 1. The van der Waals surface area contributed by atoms with Gasteiger partial charge in [0.2, 0.25) is 5.91 Å². The first-order valence-corrected chi connectivity index (χ1v) is 8.95. The van der Waals surface area contributed by atoms with Crippen LogP contribution in [0.3, 0.4) is 0 Å². The lowest BCUT2D eigenvalue weighted by Crippen LogP contribution is -2.14. The highest BCUT2D eigenvalue weighted by molar-refractivity contribution is 5.90. The second-order valence-corrected chi connectivity index (χ2v) is 6.46. The normalized spacial score (nSPS) is 10.9. The van der Waals surface area contributed by atoms with Crippen molar-refractivity contribution in [2.75, 3.05) is 5.32 Å². The third-order valence-electron chi connectivity index (χ3n) is 4.40. The summed E-state index contributed by atoms with van der Waals surface area (Å²) in [6.07, 6.45) is 2.62. The smallest absolute Gasteiger partial charge is 0.225 e.